The monoisotopic (exact) mass is 652 g/mol. The second kappa shape index (κ2) is 15.0. The van der Waals surface area contributed by atoms with E-state index >= 15 is 0 Å². The molecule has 0 unspecified atom stereocenters. The van der Waals surface area contributed by atoms with Crippen LogP contribution in [0.1, 0.15) is 95.8 Å². The van der Waals surface area contributed by atoms with Gasteiger partial charge in [-0.2, -0.15) is 0 Å². The number of amides is 4. The van der Waals surface area contributed by atoms with E-state index < -0.39 is 16.6 Å². The molecule has 4 amide bonds. The molecule has 0 fully saturated rings. The first-order chi connectivity index (χ1) is 21.6. The van der Waals surface area contributed by atoms with Gasteiger partial charge in [-0.15, -0.1) is 0 Å². The molecule has 45 heavy (non-hydrogen) atoms. The van der Waals surface area contributed by atoms with E-state index in [9.17, 15) is 19.2 Å². The summed E-state index contributed by atoms with van der Waals surface area (Å²) in [5.41, 5.74) is 1.33. The van der Waals surface area contributed by atoms with Gasteiger partial charge < -0.3 is 13.6 Å². The SMILES string of the molecule is CCO[Si](CC)(CC)CCCN1C(=O)c2ccc(Oc3ccc4c(c3)C(=O)N(CCC[Si](CC)(CC)OCC)C4=O)cc2C1=O. The molecule has 11 heteroatoms. The average molecular weight is 653 g/mol. The molecule has 0 aromatic heterocycles. The molecule has 0 bridgehead atoms. The first-order valence-electron chi connectivity index (χ1n) is 16.6. The average Bonchev–Trinajstić information content (AvgIpc) is 3.43. The van der Waals surface area contributed by atoms with Crippen LogP contribution in [-0.4, -0.2) is 76.4 Å². The van der Waals surface area contributed by atoms with Crippen molar-refractivity contribution in [1.82, 2.24) is 9.80 Å². The minimum Gasteiger partial charge on any atom is -0.457 e. The van der Waals surface area contributed by atoms with Gasteiger partial charge in [0, 0.05) is 26.3 Å². The molecule has 2 aliphatic rings. The third-order valence-corrected chi connectivity index (χ3v) is 19.1. The number of hydrogen-bond donors (Lipinski definition) is 0. The fraction of sp³-hybridized carbons (Fsp3) is 0.529. The highest BCUT2D eigenvalue weighted by molar-refractivity contribution is 6.74. The van der Waals surface area contributed by atoms with Crippen LogP contribution in [0.2, 0.25) is 36.3 Å². The molecule has 2 aliphatic heterocycles. The quantitative estimate of drug-likeness (QED) is 0.121. The molecular formula is C34H48N2O7Si2. The van der Waals surface area contributed by atoms with Crippen molar-refractivity contribution in [3.8, 4) is 11.5 Å². The predicted octanol–water partition coefficient (Wildman–Crippen LogP) is 7.49. The fourth-order valence-electron chi connectivity index (χ4n) is 6.70. The molecule has 4 rings (SSSR count). The molecule has 0 saturated heterocycles. The Morgan fingerprint density at radius 3 is 1.22 bits per heavy atom. The van der Waals surface area contributed by atoms with Crippen LogP contribution in [0.5, 0.6) is 11.5 Å². The number of rotatable bonds is 18. The maximum atomic E-state index is 13.3. The summed E-state index contributed by atoms with van der Waals surface area (Å²) in [5.74, 6) is -0.490. The summed E-state index contributed by atoms with van der Waals surface area (Å²) in [4.78, 5) is 55.3. The van der Waals surface area contributed by atoms with Crippen LogP contribution in [0.15, 0.2) is 36.4 Å². The van der Waals surface area contributed by atoms with Crippen LogP contribution in [-0.2, 0) is 8.85 Å². The number of carbonyl (C=O) groups is 4. The van der Waals surface area contributed by atoms with Gasteiger partial charge in [0.25, 0.3) is 23.6 Å². The molecule has 0 atom stereocenters. The molecule has 0 radical (unpaired) electrons. The van der Waals surface area contributed by atoms with Gasteiger partial charge in [0.15, 0.2) is 16.6 Å². The van der Waals surface area contributed by atoms with E-state index in [4.69, 9.17) is 13.6 Å². The van der Waals surface area contributed by atoms with Crippen LogP contribution in [0, 0.1) is 0 Å². The highest BCUT2D eigenvalue weighted by Crippen LogP contribution is 2.34. The number of fused-ring (bicyclic) bond motifs is 2. The molecule has 2 heterocycles. The summed E-state index contributed by atoms with van der Waals surface area (Å²) in [7, 11) is -3.71. The van der Waals surface area contributed by atoms with Crippen LogP contribution in [0.4, 0.5) is 0 Å². The molecule has 2 aromatic rings. The minimum absolute atomic E-state index is 0.293. The first-order valence-corrected chi connectivity index (χ1v) is 21.6. The Labute approximate surface area is 269 Å². The number of hydrogen-bond acceptors (Lipinski definition) is 7. The summed E-state index contributed by atoms with van der Waals surface area (Å²) >= 11 is 0. The summed E-state index contributed by atoms with van der Waals surface area (Å²) in [6.45, 7) is 14.8. The van der Waals surface area contributed by atoms with Gasteiger partial charge in [-0.25, -0.2) is 0 Å². The molecule has 0 saturated carbocycles. The second-order valence-corrected chi connectivity index (χ2v) is 21.0. The number of imide groups is 2. The van der Waals surface area contributed by atoms with Gasteiger partial charge >= 0.3 is 0 Å². The van der Waals surface area contributed by atoms with Gasteiger partial charge in [-0.1, -0.05) is 27.7 Å². The van der Waals surface area contributed by atoms with E-state index in [1.54, 1.807) is 36.4 Å². The second-order valence-electron chi connectivity index (χ2n) is 11.9. The number of benzene rings is 2. The van der Waals surface area contributed by atoms with E-state index in [-0.39, 0.29) is 23.6 Å². The molecular weight excluding hydrogens is 605 g/mol. The molecule has 0 aliphatic carbocycles. The van der Waals surface area contributed by atoms with Crippen molar-refractivity contribution >= 4 is 40.3 Å². The molecule has 2 aromatic carbocycles. The normalized spacial score (nSPS) is 14.9. The highest BCUT2D eigenvalue weighted by Gasteiger charge is 2.39. The zero-order valence-corrected chi connectivity index (χ0v) is 29.7. The van der Waals surface area contributed by atoms with Gasteiger partial charge in [0.2, 0.25) is 0 Å². The van der Waals surface area contributed by atoms with Crippen molar-refractivity contribution in [1.29, 1.82) is 0 Å². The molecule has 0 N–H and O–H groups in total. The largest absolute Gasteiger partial charge is 0.457 e. The Bertz CT molecular complexity index is 1320. The maximum Gasteiger partial charge on any atom is 0.261 e. The Balaban J connectivity index is 1.41. The third kappa shape index (κ3) is 7.16. The van der Waals surface area contributed by atoms with Crippen molar-refractivity contribution in [2.24, 2.45) is 0 Å². The summed E-state index contributed by atoms with van der Waals surface area (Å²) in [5, 5.41) is 0. The lowest BCUT2D eigenvalue weighted by molar-refractivity contribution is 0.0638. The number of ether oxygens (including phenoxy) is 1. The summed E-state index contributed by atoms with van der Waals surface area (Å²) in [6.07, 6.45) is 1.43. The van der Waals surface area contributed by atoms with E-state index in [2.05, 4.69) is 27.7 Å². The van der Waals surface area contributed by atoms with Crippen molar-refractivity contribution in [3.05, 3.63) is 58.7 Å². The van der Waals surface area contributed by atoms with E-state index in [1.165, 1.54) is 9.80 Å². The topological polar surface area (TPSA) is 102 Å². The number of carbonyl (C=O) groups excluding carboxylic acids is 4. The third-order valence-electron chi connectivity index (χ3n) is 9.63. The lowest BCUT2D eigenvalue weighted by atomic mass is 10.1. The first kappa shape index (κ1) is 34.7. The Hall–Kier alpha value is -3.13. The van der Waals surface area contributed by atoms with Gasteiger partial charge in [0.05, 0.1) is 22.3 Å². The van der Waals surface area contributed by atoms with E-state index in [0.717, 1.165) is 36.3 Å². The maximum absolute atomic E-state index is 13.3. The van der Waals surface area contributed by atoms with Crippen molar-refractivity contribution < 1.29 is 32.8 Å². The highest BCUT2D eigenvalue weighted by atomic mass is 28.4. The number of nitrogens with zero attached hydrogens (tertiary/aromatic N) is 2. The van der Waals surface area contributed by atoms with Gasteiger partial charge in [-0.05, 0) is 99.4 Å². The van der Waals surface area contributed by atoms with Crippen molar-refractivity contribution in [3.63, 3.8) is 0 Å². The van der Waals surface area contributed by atoms with Crippen molar-refractivity contribution in [2.75, 3.05) is 26.3 Å². The van der Waals surface area contributed by atoms with Crippen LogP contribution < -0.4 is 4.74 Å². The van der Waals surface area contributed by atoms with Crippen molar-refractivity contribution in [2.45, 2.75) is 90.6 Å². The van der Waals surface area contributed by atoms with Gasteiger partial charge in [0.1, 0.15) is 11.5 Å². The van der Waals surface area contributed by atoms with Gasteiger partial charge in [-0.3, -0.25) is 29.0 Å². The predicted molar refractivity (Wildman–Crippen MR) is 179 cm³/mol. The van der Waals surface area contributed by atoms with Crippen LogP contribution in [0.3, 0.4) is 0 Å². The standard InChI is InChI=1S/C34H48N2O7Si2/c1-7-41-44(9-3,10-4)21-13-19-35-31(37)27-17-15-25(23-29(27)33(35)39)43-26-16-18-28-30(24-26)34(40)36(32(28)38)20-14-22-45(11-5,12-6)42-8-2/h15-18,23-24H,7-14,19-22H2,1-6H3. The lowest BCUT2D eigenvalue weighted by Gasteiger charge is -2.29. The summed E-state index contributed by atoms with van der Waals surface area (Å²) in [6, 6.07) is 15.5. The fourth-order valence-corrected chi connectivity index (χ4v) is 13.0. The minimum atomic E-state index is -1.85. The zero-order valence-electron chi connectivity index (χ0n) is 27.7. The smallest absolute Gasteiger partial charge is 0.261 e. The Morgan fingerprint density at radius 1 is 0.533 bits per heavy atom. The molecule has 9 nitrogen and oxygen atoms in total. The van der Waals surface area contributed by atoms with Crippen LogP contribution in [0.25, 0.3) is 0 Å². The Kier molecular flexibility index (Phi) is 11.6. The van der Waals surface area contributed by atoms with E-state index in [1.807, 2.05) is 13.8 Å². The van der Waals surface area contributed by atoms with Crippen LogP contribution >= 0.6 is 0 Å². The Morgan fingerprint density at radius 2 is 0.889 bits per heavy atom. The van der Waals surface area contributed by atoms with E-state index in [0.29, 0.717) is 72.9 Å². The molecule has 244 valence electrons. The zero-order chi connectivity index (χ0) is 32.8. The summed E-state index contributed by atoms with van der Waals surface area (Å²) < 4.78 is 18.4. The molecule has 0 spiro atoms. The lowest BCUT2D eigenvalue weighted by Crippen LogP contribution is -2.38.